The highest BCUT2D eigenvalue weighted by molar-refractivity contribution is 7.17. The number of aromatic amines is 1. The van der Waals surface area contributed by atoms with Crippen molar-refractivity contribution in [1.29, 1.82) is 0 Å². The van der Waals surface area contributed by atoms with Crippen LogP contribution in [-0.4, -0.2) is 32.7 Å². The summed E-state index contributed by atoms with van der Waals surface area (Å²) in [6.07, 6.45) is 0.611. The number of benzene rings is 1. The summed E-state index contributed by atoms with van der Waals surface area (Å²) in [6, 6.07) is 10.0. The molecule has 0 saturated heterocycles. The van der Waals surface area contributed by atoms with Crippen LogP contribution in [0.4, 0.5) is 0 Å². The van der Waals surface area contributed by atoms with Gasteiger partial charge in [-0.3, -0.25) is 14.4 Å². The molecule has 0 aliphatic carbocycles. The lowest BCUT2D eigenvalue weighted by molar-refractivity contribution is 0.0731. The number of hydrogen-bond acceptors (Lipinski definition) is 4. The van der Waals surface area contributed by atoms with Crippen LogP contribution in [0.5, 0.6) is 0 Å². The third-order valence-electron chi connectivity index (χ3n) is 6.67. The average molecular weight is 460 g/mol. The zero-order valence-electron chi connectivity index (χ0n) is 19.1. The van der Waals surface area contributed by atoms with Crippen LogP contribution in [0.15, 0.2) is 40.5 Å². The van der Waals surface area contributed by atoms with E-state index in [4.69, 9.17) is 0 Å². The summed E-state index contributed by atoms with van der Waals surface area (Å²) in [5.74, 6) is -0.169. The Kier molecular flexibility index (Phi) is 5.09. The second-order valence-electron chi connectivity index (χ2n) is 8.70. The molecule has 0 atom stereocenters. The van der Waals surface area contributed by atoms with Gasteiger partial charge < -0.3 is 14.5 Å². The lowest BCUT2D eigenvalue weighted by atomic mass is 9.98. The minimum Gasteiger partial charge on any atom is -0.355 e. The van der Waals surface area contributed by atoms with Crippen LogP contribution in [0.25, 0.3) is 21.2 Å². The van der Waals surface area contributed by atoms with E-state index in [0.29, 0.717) is 47.6 Å². The summed E-state index contributed by atoms with van der Waals surface area (Å²) in [5, 5.41) is 3.11. The van der Waals surface area contributed by atoms with E-state index in [0.717, 1.165) is 26.9 Å². The number of nitrogens with zero attached hydrogens (tertiary/aromatic N) is 2. The molecule has 5 rings (SSSR count). The van der Waals surface area contributed by atoms with Crippen molar-refractivity contribution in [3.8, 4) is 11.1 Å². The van der Waals surface area contributed by atoms with E-state index < -0.39 is 0 Å². The number of thiophene rings is 1. The van der Waals surface area contributed by atoms with Gasteiger partial charge in [0.2, 0.25) is 0 Å². The molecule has 0 radical (unpaired) electrons. The van der Waals surface area contributed by atoms with Crippen LogP contribution in [-0.2, 0) is 20.0 Å². The zero-order chi connectivity index (χ0) is 23.4. The molecule has 6 nitrogen and oxygen atoms in total. The third kappa shape index (κ3) is 3.35. The fraction of sp³-hybridized carbons (Fsp3) is 0.269. The highest BCUT2D eigenvalue weighted by Gasteiger charge is 2.29. The molecule has 4 aromatic rings. The van der Waals surface area contributed by atoms with Crippen molar-refractivity contribution in [2.75, 3.05) is 6.54 Å². The van der Waals surface area contributed by atoms with Gasteiger partial charge in [0.1, 0.15) is 0 Å². The number of amides is 1. The van der Waals surface area contributed by atoms with Gasteiger partial charge in [0.15, 0.2) is 5.78 Å². The van der Waals surface area contributed by atoms with E-state index in [9.17, 15) is 14.4 Å². The second-order valence-corrected chi connectivity index (χ2v) is 9.61. The molecule has 4 heterocycles. The van der Waals surface area contributed by atoms with Crippen molar-refractivity contribution in [2.24, 2.45) is 7.05 Å². The lowest BCUT2D eigenvalue weighted by Gasteiger charge is -2.30. The Morgan fingerprint density at radius 1 is 1.12 bits per heavy atom. The number of pyridine rings is 1. The molecule has 168 valence electrons. The predicted octanol–water partition coefficient (Wildman–Crippen LogP) is 4.61. The average Bonchev–Trinajstić information content (AvgIpc) is 3.36. The van der Waals surface area contributed by atoms with Gasteiger partial charge in [-0.05, 0) is 37.1 Å². The number of carbonyl (C=O) groups excluding carboxylic acids is 2. The highest BCUT2D eigenvalue weighted by Crippen LogP contribution is 2.34. The molecule has 1 N–H and O–H groups in total. The number of Topliss-reactive ketones (excluding diaryl/α,β-unsaturated/α-hetero) is 1. The normalized spacial score (nSPS) is 13.4. The number of carbonyl (C=O) groups is 2. The van der Waals surface area contributed by atoms with Gasteiger partial charge in [-0.15, -0.1) is 11.3 Å². The van der Waals surface area contributed by atoms with E-state index in [-0.39, 0.29) is 17.2 Å². The number of nitrogens with one attached hydrogen (secondary N) is 1. The van der Waals surface area contributed by atoms with Crippen molar-refractivity contribution >= 4 is 33.1 Å². The van der Waals surface area contributed by atoms with Gasteiger partial charge >= 0.3 is 0 Å². The Bertz CT molecular complexity index is 1510. The summed E-state index contributed by atoms with van der Waals surface area (Å²) < 4.78 is 2.88. The maximum atomic E-state index is 13.5. The largest absolute Gasteiger partial charge is 0.355 e. The van der Waals surface area contributed by atoms with E-state index in [2.05, 4.69) is 11.1 Å². The summed E-state index contributed by atoms with van der Waals surface area (Å²) in [5.41, 5.74) is 6.00. The molecule has 1 aromatic carbocycles. The molecule has 0 fully saturated rings. The van der Waals surface area contributed by atoms with Crippen molar-refractivity contribution in [2.45, 2.75) is 33.7 Å². The molecule has 1 aliphatic heterocycles. The van der Waals surface area contributed by atoms with Crippen molar-refractivity contribution in [3.05, 3.63) is 79.8 Å². The van der Waals surface area contributed by atoms with E-state index in [1.807, 2.05) is 55.4 Å². The van der Waals surface area contributed by atoms with Crippen LogP contribution in [0.3, 0.4) is 0 Å². The van der Waals surface area contributed by atoms with Gasteiger partial charge in [0.25, 0.3) is 11.5 Å². The molecule has 7 heteroatoms. The second kappa shape index (κ2) is 7.85. The minimum atomic E-state index is -0.0872. The first-order valence-electron chi connectivity index (χ1n) is 11.0. The minimum absolute atomic E-state index is 0.0134. The standard InChI is InChI=1S/C26H25N3O3S/c1-14-23(15(2)27-24(14)16(3)30)26(32)29-10-9-21-17(12-29)11-19(25(31)28(21)4)20-13-33-22-8-6-5-7-18(20)22/h5-8,11,13,27H,9-10,12H2,1-4H3. The van der Waals surface area contributed by atoms with E-state index in [1.54, 1.807) is 15.9 Å². The van der Waals surface area contributed by atoms with Crippen molar-refractivity contribution in [3.63, 3.8) is 0 Å². The van der Waals surface area contributed by atoms with Gasteiger partial charge in [-0.1, -0.05) is 18.2 Å². The summed E-state index contributed by atoms with van der Waals surface area (Å²) in [7, 11) is 1.82. The molecule has 1 aliphatic rings. The molecule has 0 unspecified atom stereocenters. The Morgan fingerprint density at radius 3 is 2.61 bits per heavy atom. The SMILES string of the molecule is CC(=O)c1[nH]c(C)c(C(=O)N2CCc3c(cc(-c4csc5ccccc45)c(=O)n3C)C2)c1C. The number of hydrogen-bond donors (Lipinski definition) is 1. The zero-order valence-corrected chi connectivity index (χ0v) is 19.9. The van der Waals surface area contributed by atoms with Gasteiger partial charge in [0, 0.05) is 71.5 Å². The number of aryl methyl sites for hydroxylation is 1. The predicted molar refractivity (Wildman–Crippen MR) is 131 cm³/mol. The molecule has 0 saturated carbocycles. The number of fused-ring (bicyclic) bond motifs is 2. The monoisotopic (exact) mass is 459 g/mol. The number of H-pyrrole nitrogens is 1. The van der Waals surface area contributed by atoms with Crippen LogP contribution in [0.1, 0.15) is 50.3 Å². The first-order valence-corrected chi connectivity index (χ1v) is 11.8. The van der Waals surface area contributed by atoms with Crippen LogP contribution >= 0.6 is 11.3 Å². The molecular formula is C26H25N3O3S. The maximum Gasteiger partial charge on any atom is 0.258 e. The van der Waals surface area contributed by atoms with Crippen LogP contribution in [0, 0.1) is 13.8 Å². The molecule has 33 heavy (non-hydrogen) atoms. The molecule has 3 aromatic heterocycles. The Balaban J connectivity index is 1.55. The Labute approximate surface area is 195 Å². The topological polar surface area (TPSA) is 75.2 Å². The van der Waals surface area contributed by atoms with Gasteiger partial charge in [0.05, 0.1) is 11.3 Å². The number of ketones is 1. The molecule has 1 amide bonds. The molecule has 0 spiro atoms. The fourth-order valence-electron chi connectivity index (χ4n) is 4.96. The lowest BCUT2D eigenvalue weighted by Crippen LogP contribution is -2.39. The molecule has 0 bridgehead atoms. The van der Waals surface area contributed by atoms with E-state index >= 15 is 0 Å². The van der Waals surface area contributed by atoms with Crippen molar-refractivity contribution in [1.82, 2.24) is 14.5 Å². The summed E-state index contributed by atoms with van der Waals surface area (Å²) >= 11 is 1.63. The third-order valence-corrected chi connectivity index (χ3v) is 7.63. The van der Waals surface area contributed by atoms with Gasteiger partial charge in [-0.25, -0.2) is 0 Å². The highest BCUT2D eigenvalue weighted by atomic mass is 32.1. The summed E-state index contributed by atoms with van der Waals surface area (Å²) in [4.78, 5) is 43.5. The number of rotatable bonds is 3. The first-order chi connectivity index (χ1) is 15.8. The van der Waals surface area contributed by atoms with Crippen LogP contribution in [0.2, 0.25) is 0 Å². The Hall–Kier alpha value is -3.45. The maximum absolute atomic E-state index is 13.5. The fourth-order valence-corrected chi connectivity index (χ4v) is 5.92. The Morgan fingerprint density at radius 2 is 1.88 bits per heavy atom. The smallest absolute Gasteiger partial charge is 0.258 e. The molecular weight excluding hydrogens is 434 g/mol. The summed E-state index contributed by atoms with van der Waals surface area (Å²) in [6.45, 7) is 6.10. The quantitative estimate of drug-likeness (QED) is 0.455. The van der Waals surface area contributed by atoms with Crippen molar-refractivity contribution < 1.29 is 9.59 Å². The number of aromatic nitrogens is 2. The van der Waals surface area contributed by atoms with E-state index in [1.165, 1.54) is 6.92 Å². The first kappa shape index (κ1) is 21.4. The van der Waals surface area contributed by atoms with Gasteiger partial charge in [-0.2, -0.15) is 0 Å². The van der Waals surface area contributed by atoms with Crippen LogP contribution < -0.4 is 5.56 Å².